The van der Waals surface area contributed by atoms with Crippen LogP contribution in [0.25, 0.3) is 0 Å². The van der Waals surface area contributed by atoms with Crippen molar-refractivity contribution in [3.63, 3.8) is 0 Å². The molecule has 0 aliphatic rings. The lowest BCUT2D eigenvalue weighted by Crippen LogP contribution is -2.12. The summed E-state index contributed by atoms with van der Waals surface area (Å²) >= 11 is 0. The molecular weight excluding hydrogens is 182 g/mol. The van der Waals surface area contributed by atoms with Crippen molar-refractivity contribution in [1.82, 2.24) is 5.32 Å². The van der Waals surface area contributed by atoms with Gasteiger partial charge in [-0.25, -0.2) is 0 Å². The average Bonchev–Trinajstić information content (AvgIpc) is 2.14. The fourth-order valence-electron chi connectivity index (χ4n) is 0.954. The Morgan fingerprint density at radius 2 is 1.92 bits per heavy atom. The summed E-state index contributed by atoms with van der Waals surface area (Å²) in [5, 5.41) is 3.23. The first-order valence-corrected chi connectivity index (χ1v) is 4.07. The normalized spacial score (nSPS) is 8.08. The predicted molar refractivity (Wildman–Crippen MR) is 58.8 cm³/mol. The molecule has 0 aromatic heterocycles. The van der Waals surface area contributed by atoms with Crippen molar-refractivity contribution in [2.75, 3.05) is 6.54 Å². The van der Waals surface area contributed by atoms with Crippen LogP contribution in [0, 0.1) is 11.8 Å². The fourth-order valence-corrected chi connectivity index (χ4v) is 0.954. The largest absolute Gasteiger partial charge is 0.302 e. The summed E-state index contributed by atoms with van der Waals surface area (Å²) in [6.45, 7) is 3.52. The van der Waals surface area contributed by atoms with Gasteiger partial charge in [-0.05, 0) is 12.5 Å². The molecule has 70 valence electrons. The molecule has 0 unspecified atom stereocenters. The van der Waals surface area contributed by atoms with E-state index in [1.54, 1.807) is 0 Å². The van der Waals surface area contributed by atoms with E-state index >= 15 is 0 Å². The second-order valence-corrected chi connectivity index (χ2v) is 2.52. The first-order valence-electron chi connectivity index (χ1n) is 4.07. The van der Waals surface area contributed by atoms with Gasteiger partial charge in [0.25, 0.3) is 0 Å². The van der Waals surface area contributed by atoms with Crippen LogP contribution in [0.15, 0.2) is 30.3 Å². The van der Waals surface area contributed by atoms with Crippen LogP contribution in [0.2, 0.25) is 0 Å². The quantitative estimate of drug-likeness (QED) is 0.576. The first-order chi connectivity index (χ1) is 5.93. The molecule has 0 saturated heterocycles. The SMILES string of the molecule is CC#CCNCc1ccccc1.Cl. The maximum atomic E-state index is 3.23. The molecule has 1 nitrogen and oxygen atoms in total. The standard InChI is InChI=1S/C11H13N.ClH/c1-2-3-9-12-10-11-7-5-4-6-8-11;/h4-8,12H,9-10H2,1H3;1H. The van der Waals surface area contributed by atoms with E-state index in [0.29, 0.717) is 0 Å². The summed E-state index contributed by atoms with van der Waals surface area (Å²) in [4.78, 5) is 0. The number of halogens is 1. The summed E-state index contributed by atoms with van der Waals surface area (Å²) < 4.78 is 0. The van der Waals surface area contributed by atoms with Gasteiger partial charge in [0.15, 0.2) is 0 Å². The van der Waals surface area contributed by atoms with Gasteiger partial charge in [-0.3, -0.25) is 0 Å². The molecule has 0 saturated carbocycles. The third-order valence-corrected chi connectivity index (χ3v) is 1.56. The minimum atomic E-state index is 0. The minimum absolute atomic E-state index is 0. The monoisotopic (exact) mass is 195 g/mol. The zero-order valence-electron chi connectivity index (χ0n) is 7.71. The highest BCUT2D eigenvalue weighted by Gasteiger charge is 1.86. The lowest BCUT2D eigenvalue weighted by atomic mass is 10.2. The average molecular weight is 196 g/mol. The summed E-state index contributed by atoms with van der Waals surface area (Å²) in [6, 6.07) is 10.3. The molecule has 0 amide bonds. The minimum Gasteiger partial charge on any atom is -0.302 e. The van der Waals surface area contributed by atoms with Gasteiger partial charge < -0.3 is 5.32 Å². The van der Waals surface area contributed by atoms with E-state index in [4.69, 9.17) is 0 Å². The molecule has 0 spiro atoms. The zero-order valence-corrected chi connectivity index (χ0v) is 8.53. The molecule has 0 radical (unpaired) electrons. The third kappa shape index (κ3) is 5.30. The van der Waals surface area contributed by atoms with Crippen molar-refractivity contribution < 1.29 is 0 Å². The molecule has 1 rings (SSSR count). The number of hydrogen-bond acceptors (Lipinski definition) is 1. The number of benzene rings is 1. The molecule has 0 heterocycles. The molecule has 2 heteroatoms. The van der Waals surface area contributed by atoms with E-state index in [0.717, 1.165) is 13.1 Å². The molecule has 0 aliphatic carbocycles. The summed E-state index contributed by atoms with van der Waals surface area (Å²) in [7, 11) is 0. The van der Waals surface area contributed by atoms with Crippen LogP contribution in [-0.2, 0) is 6.54 Å². The van der Waals surface area contributed by atoms with Crippen LogP contribution in [0.4, 0.5) is 0 Å². The van der Waals surface area contributed by atoms with Crippen molar-refractivity contribution in [3.05, 3.63) is 35.9 Å². The Bertz CT molecular complexity index is 271. The Balaban J connectivity index is 0.00000144. The van der Waals surface area contributed by atoms with Crippen LogP contribution in [0.1, 0.15) is 12.5 Å². The van der Waals surface area contributed by atoms with Gasteiger partial charge >= 0.3 is 0 Å². The van der Waals surface area contributed by atoms with E-state index in [2.05, 4.69) is 29.3 Å². The van der Waals surface area contributed by atoms with E-state index in [-0.39, 0.29) is 12.4 Å². The maximum absolute atomic E-state index is 3.23. The molecule has 13 heavy (non-hydrogen) atoms. The summed E-state index contributed by atoms with van der Waals surface area (Å²) in [5.74, 6) is 5.80. The van der Waals surface area contributed by atoms with Crippen LogP contribution < -0.4 is 5.32 Å². The van der Waals surface area contributed by atoms with Crippen LogP contribution >= 0.6 is 12.4 Å². The number of nitrogens with one attached hydrogen (secondary N) is 1. The Kier molecular flexibility index (Phi) is 7.10. The highest BCUT2D eigenvalue weighted by atomic mass is 35.5. The summed E-state index contributed by atoms with van der Waals surface area (Å²) in [5.41, 5.74) is 1.30. The molecule has 1 aromatic rings. The van der Waals surface area contributed by atoms with Gasteiger partial charge in [0, 0.05) is 6.54 Å². The molecular formula is C11H14ClN. The topological polar surface area (TPSA) is 12.0 Å². The number of hydrogen-bond donors (Lipinski definition) is 1. The van der Waals surface area contributed by atoms with Crippen molar-refractivity contribution in [2.24, 2.45) is 0 Å². The van der Waals surface area contributed by atoms with Crippen LogP contribution in [-0.4, -0.2) is 6.54 Å². The molecule has 0 aliphatic heterocycles. The maximum Gasteiger partial charge on any atom is 0.0578 e. The fraction of sp³-hybridized carbons (Fsp3) is 0.273. The van der Waals surface area contributed by atoms with Gasteiger partial charge in [-0.2, -0.15) is 0 Å². The third-order valence-electron chi connectivity index (χ3n) is 1.56. The van der Waals surface area contributed by atoms with Crippen molar-refractivity contribution >= 4 is 12.4 Å². The van der Waals surface area contributed by atoms with Gasteiger partial charge in [0.05, 0.1) is 6.54 Å². The summed E-state index contributed by atoms with van der Waals surface area (Å²) in [6.07, 6.45) is 0. The van der Waals surface area contributed by atoms with Crippen LogP contribution in [0.3, 0.4) is 0 Å². The highest BCUT2D eigenvalue weighted by Crippen LogP contribution is 1.96. The van der Waals surface area contributed by atoms with Crippen molar-refractivity contribution in [2.45, 2.75) is 13.5 Å². The molecule has 0 bridgehead atoms. The molecule has 0 atom stereocenters. The molecule has 0 fully saturated rings. The second-order valence-electron chi connectivity index (χ2n) is 2.52. The van der Waals surface area contributed by atoms with Gasteiger partial charge in [-0.15, -0.1) is 18.3 Å². The van der Waals surface area contributed by atoms with Crippen molar-refractivity contribution in [1.29, 1.82) is 0 Å². The van der Waals surface area contributed by atoms with Gasteiger partial charge in [0.1, 0.15) is 0 Å². The molecule has 1 aromatic carbocycles. The Hall–Kier alpha value is -0.970. The van der Waals surface area contributed by atoms with Gasteiger partial charge in [-0.1, -0.05) is 36.3 Å². The second kappa shape index (κ2) is 7.67. The molecule has 1 N–H and O–H groups in total. The van der Waals surface area contributed by atoms with E-state index in [9.17, 15) is 0 Å². The Morgan fingerprint density at radius 1 is 1.23 bits per heavy atom. The highest BCUT2D eigenvalue weighted by molar-refractivity contribution is 5.85. The smallest absolute Gasteiger partial charge is 0.0578 e. The van der Waals surface area contributed by atoms with E-state index < -0.39 is 0 Å². The van der Waals surface area contributed by atoms with E-state index in [1.165, 1.54) is 5.56 Å². The van der Waals surface area contributed by atoms with Gasteiger partial charge in [0.2, 0.25) is 0 Å². The van der Waals surface area contributed by atoms with E-state index in [1.807, 2.05) is 25.1 Å². The van der Waals surface area contributed by atoms with Crippen LogP contribution in [0.5, 0.6) is 0 Å². The number of rotatable bonds is 3. The lowest BCUT2D eigenvalue weighted by Gasteiger charge is -1.99. The predicted octanol–water partition coefficient (Wildman–Crippen LogP) is 2.22. The first kappa shape index (κ1) is 12.0. The lowest BCUT2D eigenvalue weighted by molar-refractivity contribution is 0.770. The van der Waals surface area contributed by atoms with Crippen molar-refractivity contribution in [3.8, 4) is 11.8 Å². The Morgan fingerprint density at radius 3 is 2.54 bits per heavy atom. The zero-order chi connectivity index (χ0) is 8.65. The Labute approximate surface area is 86.0 Å².